The monoisotopic (exact) mass is 684 g/mol. The van der Waals surface area contributed by atoms with E-state index in [4.69, 9.17) is 9.97 Å². The first-order chi connectivity index (χ1) is 25.8. The molecule has 8 rings (SSSR count). The summed E-state index contributed by atoms with van der Waals surface area (Å²) in [5.74, 6) is 0. The van der Waals surface area contributed by atoms with Gasteiger partial charge in [-0.15, -0.1) is 0 Å². The maximum Gasteiger partial charge on any atom is 0.0784 e. The van der Waals surface area contributed by atoms with Gasteiger partial charge in [0.15, 0.2) is 0 Å². The number of unbranched alkanes of at least 4 members (excludes halogenated alkanes) is 1. The summed E-state index contributed by atoms with van der Waals surface area (Å²) < 4.78 is 5.00. The van der Waals surface area contributed by atoms with Crippen LogP contribution in [0.3, 0.4) is 0 Å². The first-order valence-corrected chi connectivity index (χ1v) is 19.0. The molecule has 0 saturated heterocycles. The van der Waals surface area contributed by atoms with Crippen LogP contribution in [0.25, 0.3) is 43.6 Å². The molecular formula is C46H48N6. The molecule has 0 radical (unpaired) electrons. The predicted octanol–water partition coefficient (Wildman–Crippen LogP) is 9.62. The summed E-state index contributed by atoms with van der Waals surface area (Å²) in [7, 11) is 0. The van der Waals surface area contributed by atoms with Gasteiger partial charge in [-0.1, -0.05) is 97.1 Å². The highest BCUT2D eigenvalue weighted by Gasteiger charge is 2.16. The number of nitrogens with zero attached hydrogens (tertiary/aromatic N) is 4. The van der Waals surface area contributed by atoms with E-state index in [0.717, 1.165) is 89.2 Å². The highest BCUT2D eigenvalue weighted by atomic mass is 15.0. The molecule has 0 saturated carbocycles. The Bertz CT molecular complexity index is 2200. The van der Waals surface area contributed by atoms with Gasteiger partial charge in [-0.3, -0.25) is 9.97 Å². The fourth-order valence-electron chi connectivity index (χ4n) is 7.95. The van der Waals surface area contributed by atoms with Crippen LogP contribution in [0.15, 0.2) is 134 Å². The Hall–Kier alpha value is -5.30. The average Bonchev–Trinajstić information content (AvgIpc) is 3.70. The molecule has 0 amide bonds. The SMILES string of the molecule is c1ccc(CCCn2c3ccccc3c3ccnc(CNCCCCNCc4nccc5c6ccccc6n(CCCc6ccccc6)c45)c32)cc1. The lowest BCUT2D eigenvalue weighted by atomic mass is 10.1. The molecule has 262 valence electrons. The molecule has 0 bridgehead atoms. The lowest BCUT2D eigenvalue weighted by Gasteiger charge is -2.12. The largest absolute Gasteiger partial charge is 0.339 e. The molecule has 4 aromatic carbocycles. The van der Waals surface area contributed by atoms with E-state index in [1.165, 1.54) is 54.7 Å². The van der Waals surface area contributed by atoms with Gasteiger partial charge in [0.2, 0.25) is 0 Å². The standard InChI is InChI=1S/C46H48N6/c1-3-15-35(16-4-1)19-13-31-51-43-23-9-7-21-37(43)39-25-29-49-41(45(39)51)33-47-27-11-12-28-48-34-42-46-40(26-30-50-42)38-22-8-10-24-44(38)52(46)32-14-20-36-17-5-2-6-18-36/h1-10,15-18,21-26,29-30,47-48H,11-14,19-20,27-28,31-34H2. The zero-order valence-electron chi connectivity index (χ0n) is 30.0. The number of aromatic nitrogens is 4. The zero-order valence-corrected chi connectivity index (χ0v) is 30.0. The van der Waals surface area contributed by atoms with Gasteiger partial charge in [-0.2, -0.15) is 0 Å². The quantitative estimate of drug-likeness (QED) is 0.0939. The van der Waals surface area contributed by atoms with Crippen molar-refractivity contribution in [2.75, 3.05) is 13.1 Å². The molecule has 0 aliphatic carbocycles. The maximum absolute atomic E-state index is 4.89. The first kappa shape index (κ1) is 33.8. The number of benzene rings is 4. The van der Waals surface area contributed by atoms with Gasteiger partial charge < -0.3 is 19.8 Å². The summed E-state index contributed by atoms with van der Waals surface area (Å²) in [4.78, 5) is 9.77. The highest BCUT2D eigenvalue weighted by molar-refractivity contribution is 6.09. The second-order valence-electron chi connectivity index (χ2n) is 13.9. The van der Waals surface area contributed by atoms with Crippen LogP contribution >= 0.6 is 0 Å². The highest BCUT2D eigenvalue weighted by Crippen LogP contribution is 2.32. The van der Waals surface area contributed by atoms with Crippen molar-refractivity contribution in [2.24, 2.45) is 0 Å². The van der Waals surface area contributed by atoms with Crippen LogP contribution in [0.2, 0.25) is 0 Å². The van der Waals surface area contributed by atoms with Crippen LogP contribution in [0.4, 0.5) is 0 Å². The van der Waals surface area contributed by atoms with Crippen LogP contribution in [0, 0.1) is 0 Å². The summed E-state index contributed by atoms with van der Waals surface area (Å²) in [6.07, 6.45) is 10.5. The molecule has 52 heavy (non-hydrogen) atoms. The van der Waals surface area contributed by atoms with Gasteiger partial charge in [0.25, 0.3) is 0 Å². The third-order valence-corrected chi connectivity index (χ3v) is 10.4. The zero-order chi connectivity index (χ0) is 35.0. The van der Waals surface area contributed by atoms with Crippen LogP contribution in [0.1, 0.15) is 48.2 Å². The molecule has 4 heterocycles. The van der Waals surface area contributed by atoms with E-state index in [0.29, 0.717) is 0 Å². The summed E-state index contributed by atoms with van der Waals surface area (Å²) in [6.45, 7) is 5.39. The van der Waals surface area contributed by atoms with E-state index in [1.807, 2.05) is 12.4 Å². The third kappa shape index (κ3) is 7.36. The molecular weight excluding hydrogens is 637 g/mol. The van der Waals surface area contributed by atoms with E-state index in [-0.39, 0.29) is 0 Å². The lowest BCUT2D eigenvalue weighted by Crippen LogP contribution is -2.20. The Kier molecular flexibility index (Phi) is 10.6. The molecule has 2 N–H and O–H groups in total. The van der Waals surface area contributed by atoms with Crippen molar-refractivity contribution < 1.29 is 0 Å². The molecule has 0 aliphatic rings. The second kappa shape index (κ2) is 16.4. The Morgan fingerprint density at radius 1 is 0.423 bits per heavy atom. The van der Waals surface area contributed by atoms with Gasteiger partial charge in [0.1, 0.15) is 0 Å². The van der Waals surface area contributed by atoms with E-state index in [2.05, 4.69) is 141 Å². The molecule has 6 heteroatoms. The summed E-state index contributed by atoms with van der Waals surface area (Å²) >= 11 is 0. The molecule has 0 atom stereocenters. The molecule has 0 spiro atoms. The van der Waals surface area contributed by atoms with Crippen molar-refractivity contribution in [3.8, 4) is 0 Å². The number of pyridine rings is 2. The van der Waals surface area contributed by atoms with Crippen molar-refractivity contribution in [3.05, 3.63) is 156 Å². The van der Waals surface area contributed by atoms with Gasteiger partial charge in [0.05, 0.1) is 22.4 Å². The molecule has 0 unspecified atom stereocenters. The van der Waals surface area contributed by atoms with Crippen LogP contribution < -0.4 is 10.6 Å². The number of hydrogen-bond acceptors (Lipinski definition) is 4. The normalized spacial score (nSPS) is 11.8. The van der Waals surface area contributed by atoms with Crippen molar-refractivity contribution in [2.45, 2.75) is 64.7 Å². The van der Waals surface area contributed by atoms with Gasteiger partial charge >= 0.3 is 0 Å². The molecule has 6 nitrogen and oxygen atoms in total. The van der Waals surface area contributed by atoms with E-state index in [1.54, 1.807) is 0 Å². The Morgan fingerprint density at radius 3 is 1.31 bits per heavy atom. The minimum atomic E-state index is 0.764. The van der Waals surface area contributed by atoms with E-state index < -0.39 is 0 Å². The van der Waals surface area contributed by atoms with Gasteiger partial charge in [0, 0.05) is 71.2 Å². The average molecular weight is 685 g/mol. The van der Waals surface area contributed by atoms with Gasteiger partial charge in [-0.25, -0.2) is 0 Å². The van der Waals surface area contributed by atoms with Crippen LogP contribution in [-0.4, -0.2) is 32.2 Å². The number of nitrogens with one attached hydrogen (secondary N) is 2. The summed E-state index contributed by atoms with van der Waals surface area (Å²) in [6, 6.07) is 43.6. The molecule has 0 aliphatic heterocycles. The third-order valence-electron chi connectivity index (χ3n) is 10.4. The van der Waals surface area contributed by atoms with Crippen LogP contribution in [-0.2, 0) is 39.0 Å². The topological polar surface area (TPSA) is 59.7 Å². The predicted molar refractivity (Wildman–Crippen MR) is 217 cm³/mol. The lowest BCUT2D eigenvalue weighted by molar-refractivity contribution is 0.576. The number of rotatable bonds is 17. The van der Waals surface area contributed by atoms with Crippen molar-refractivity contribution in [1.82, 2.24) is 29.7 Å². The second-order valence-corrected chi connectivity index (χ2v) is 13.9. The smallest absolute Gasteiger partial charge is 0.0784 e. The minimum absolute atomic E-state index is 0.764. The maximum atomic E-state index is 4.89. The Balaban J connectivity index is 0.868. The Morgan fingerprint density at radius 2 is 0.846 bits per heavy atom. The van der Waals surface area contributed by atoms with Crippen molar-refractivity contribution in [3.63, 3.8) is 0 Å². The minimum Gasteiger partial charge on any atom is -0.339 e. The molecule has 4 aromatic heterocycles. The summed E-state index contributed by atoms with van der Waals surface area (Å²) in [5.41, 5.74) is 10.2. The number of hydrogen-bond donors (Lipinski definition) is 2. The Labute approximate surface area is 306 Å². The van der Waals surface area contributed by atoms with Crippen molar-refractivity contribution >= 4 is 43.6 Å². The summed E-state index contributed by atoms with van der Waals surface area (Å²) in [5, 5.41) is 12.6. The number of fused-ring (bicyclic) bond motifs is 6. The fraction of sp³-hybridized carbons (Fsp3) is 0.261. The fourth-order valence-corrected chi connectivity index (χ4v) is 7.95. The van der Waals surface area contributed by atoms with E-state index in [9.17, 15) is 0 Å². The van der Waals surface area contributed by atoms with Crippen LogP contribution in [0.5, 0.6) is 0 Å². The first-order valence-electron chi connectivity index (χ1n) is 19.0. The molecule has 0 fully saturated rings. The van der Waals surface area contributed by atoms with Gasteiger partial charge in [-0.05, 0) is 87.0 Å². The van der Waals surface area contributed by atoms with E-state index >= 15 is 0 Å². The van der Waals surface area contributed by atoms with Crippen molar-refractivity contribution in [1.29, 1.82) is 0 Å². The number of aryl methyl sites for hydroxylation is 4. The molecule has 8 aromatic rings. The number of para-hydroxylation sites is 2.